The first-order valence-electron chi connectivity index (χ1n) is 10.1. The van der Waals surface area contributed by atoms with Crippen molar-refractivity contribution in [1.29, 1.82) is 5.26 Å². The molecule has 0 aromatic heterocycles. The number of anilines is 1. The molecule has 1 aliphatic heterocycles. The Labute approximate surface area is 192 Å². The van der Waals surface area contributed by atoms with Crippen LogP contribution in [0.25, 0.3) is 11.1 Å². The van der Waals surface area contributed by atoms with Gasteiger partial charge in [-0.2, -0.15) is 9.57 Å². The molecule has 0 spiro atoms. The largest absolute Gasteiger partial charge is 0.322 e. The Morgan fingerprint density at radius 2 is 1.62 bits per heavy atom. The van der Waals surface area contributed by atoms with Crippen LogP contribution in [0.5, 0.6) is 0 Å². The van der Waals surface area contributed by atoms with Gasteiger partial charge in [0.2, 0.25) is 10.0 Å². The van der Waals surface area contributed by atoms with Gasteiger partial charge in [0, 0.05) is 29.9 Å². The Morgan fingerprint density at radius 3 is 2.34 bits per heavy atom. The van der Waals surface area contributed by atoms with Crippen molar-refractivity contribution < 1.29 is 13.2 Å². The van der Waals surface area contributed by atoms with Crippen LogP contribution >= 0.6 is 11.6 Å². The fraction of sp³-hybridized carbons (Fsp3) is 0.167. The zero-order chi connectivity index (χ0) is 22.7. The lowest BCUT2D eigenvalue weighted by Gasteiger charge is -2.17. The fourth-order valence-corrected chi connectivity index (χ4v) is 5.79. The maximum atomic E-state index is 13.1. The van der Waals surface area contributed by atoms with Gasteiger partial charge < -0.3 is 5.32 Å². The number of carbonyl (C=O) groups is 1. The van der Waals surface area contributed by atoms with Crippen LogP contribution in [0.1, 0.15) is 28.8 Å². The van der Waals surface area contributed by atoms with Gasteiger partial charge in [0.25, 0.3) is 5.91 Å². The minimum atomic E-state index is -3.74. The van der Waals surface area contributed by atoms with Crippen molar-refractivity contribution in [2.45, 2.75) is 17.7 Å². The summed E-state index contributed by atoms with van der Waals surface area (Å²) in [6.07, 6.45) is 1.63. The first kappa shape index (κ1) is 22.0. The summed E-state index contributed by atoms with van der Waals surface area (Å²) in [4.78, 5) is 13.1. The number of hydrogen-bond acceptors (Lipinski definition) is 4. The lowest BCUT2D eigenvalue weighted by molar-refractivity contribution is 0.102. The monoisotopic (exact) mass is 465 g/mol. The van der Waals surface area contributed by atoms with Gasteiger partial charge in [-0.3, -0.25) is 4.79 Å². The quantitative estimate of drug-likeness (QED) is 0.579. The lowest BCUT2D eigenvalue weighted by Crippen LogP contribution is -2.28. The molecule has 1 fully saturated rings. The van der Waals surface area contributed by atoms with Crippen LogP contribution in [0.4, 0.5) is 5.69 Å². The average molecular weight is 466 g/mol. The number of amides is 1. The molecule has 0 saturated carbocycles. The van der Waals surface area contributed by atoms with Gasteiger partial charge in [0.15, 0.2) is 0 Å². The van der Waals surface area contributed by atoms with E-state index in [2.05, 4.69) is 11.4 Å². The Bertz CT molecular complexity index is 1330. The third-order valence-electron chi connectivity index (χ3n) is 5.38. The molecule has 6 nitrogen and oxygen atoms in total. The van der Waals surface area contributed by atoms with E-state index in [1.165, 1.54) is 16.4 Å². The minimum absolute atomic E-state index is 0.0259. The summed E-state index contributed by atoms with van der Waals surface area (Å²) < 4.78 is 27.4. The number of nitriles is 1. The van der Waals surface area contributed by atoms with Gasteiger partial charge in [-0.15, -0.1) is 0 Å². The topological polar surface area (TPSA) is 90.3 Å². The maximum Gasteiger partial charge on any atom is 0.256 e. The highest BCUT2D eigenvalue weighted by Gasteiger charge is 2.29. The number of carbonyl (C=O) groups excluding carboxylic acids is 1. The van der Waals surface area contributed by atoms with Crippen molar-refractivity contribution in [3.63, 3.8) is 0 Å². The summed E-state index contributed by atoms with van der Waals surface area (Å²) in [7, 11) is -3.74. The number of hydrogen-bond donors (Lipinski definition) is 1. The minimum Gasteiger partial charge on any atom is -0.322 e. The summed E-state index contributed by atoms with van der Waals surface area (Å²) in [6, 6.07) is 20.6. The molecule has 0 atom stereocenters. The van der Waals surface area contributed by atoms with Crippen LogP contribution in [0, 0.1) is 11.3 Å². The molecule has 8 heteroatoms. The van der Waals surface area contributed by atoms with E-state index in [9.17, 15) is 18.5 Å². The Morgan fingerprint density at radius 1 is 0.969 bits per heavy atom. The molecule has 1 heterocycles. The Balaban J connectivity index is 1.67. The van der Waals surface area contributed by atoms with E-state index in [4.69, 9.17) is 11.6 Å². The third kappa shape index (κ3) is 4.26. The SMILES string of the molecule is N#Cc1ccccc1-c1ccccc1C(=O)Nc1ccc(Cl)c(S(=O)(=O)N2CCCC2)c1. The molecule has 32 heavy (non-hydrogen) atoms. The van der Waals surface area contributed by atoms with Gasteiger partial charge in [-0.1, -0.05) is 48.0 Å². The average Bonchev–Trinajstić information content (AvgIpc) is 3.36. The van der Waals surface area contributed by atoms with Gasteiger partial charge >= 0.3 is 0 Å². The zero-order valence-electron chi connectivity index (χ0n) is 17.1. The second-order valence-electron chi connectivity index (χ2n) is 7.41. The van der Waals surface area contributed by atoms with E-state index in [0.29, 0.717) is 41.0 Å². The summed E-state index contributed by atoms with van der Waals surface area (Å²) in [5, 5.41) is 12.3. The van der Waals surface area contributed by atoms with E-state index in [0.717, 1.165) is 12.8 Å². The van der Waals surface area contributed by atoms with Gasteiger partial charge in [-0.05, 0) is 48.7 Å². The normalized spacial score (nSPS) is 14.1. The van der Waals surface area contributed by atoms with Crippen molar-refractivity contribution in [3.8, 4) is 17.2 Å². The molecular formula is C24H20ClN3O3S. The molecule has 162 valence electrons. The second-order valence-corrected chi connectivity index (χ2v) is 9.73. The fourth-order valence-electron chi connectivity index (χ4n) is 3.78. The highest BCUT2D eigenvalue weighted by molar-refractivity contribution is 7.89. The molecule has 1 N–H and O–H groups in total. The molecule has 3 aromatic carbocycles. The predicted octanol–water partition coefficient (Wildman–Crippen LogP) is 4.92. The van der Waals surface area contributed by atoms with Gasteiger partial charge in [0.1, 0.15) is 4.90 Å². The van der Waals surface area contributed by atoms with Gasteiger partial charge in [-0.25, -0.2) is 8.42 Å². The maximum absolute atomic E-state index is 13.1. The van der Waals surface area contributed by atoms with Crippen molar-refractivity contribution >= 4 is 33.2 Å². The van der Waals surface area contributed by atoms with Crippen LogP contribution in [-0.4, -0.2) is 31.7 Å². The molecule has 0 unspecified atom stereocenters. The second kappa shape index (κ2) is 9.13. The molecule has 1 amide bonds. The zero-order valence-corrected chi connectivity index (χ0v) is 18.7. The summed E-state index contributed by atoms with van der Waals surface area (Å²) in [5.41, 5.74) is 2.41. The molecule has 1 aliphatic rings. The van der Waals surface area contributed by atoms with E-state index in [1.54, 1.807) is 54.6 Å². The summed E-state index contributed by atoms with van der Waals surface area (Å²) >= 11 is 6.20. The third-order valence-corrected chi connectivity index (χ3v) is 7.76. The highest BCUT2D eigenvalue weighted by atomic mass is 35.5. The first-order valence-corrected chi connectivity index (χ1v) is 11.9. The van der Waals surface area contributed by atoms with Crippen molar-refractivity contribution in [3.05, 3.63) is 82.9 Å². The number of nitrogens with one attached hydrogen (secondary N) is 1. The molecule has 0 aliphatic carbocycles. The standard InChI is InChI=1S/C24H20ClN3O3S/c25-22-12-11-18(15-23(22)32(30,31)28-13-5-6-14-28)27-24(29)21-10-4-3-9-20(21)19-8-2-1-7-17(19)16-26/h1-4,7-12,15H,5-6,13-14H2,(H,27,29). The number of halogens is 1. The molecule has 1 saturated heterocycles. The van der Waals surface area contributed by atoms with Crippen LogP contribution < -0.4 is 5.32 Å². The van der Waals surface area contributed by atoms with Crippen molar-refractivity contribution in [2.75, 3.05) is 18.4 Å². The van der Waals surface area contributed by atoms with Crippen molar-refractivity contribution in [1.82, 2.24) is 4.31 Å². The Kier molecular flexibility index (Phi) is 6.28. The Hall–Kier alpha value is -3.18. The molecular weight excluding hydrogens is 446 g/mol. The highest BCUT2D eigenvalue weighted by Crippen LogP contribution is 2.31. The number of nitrogens with zero attached hydrogens (tertiary/aromatic N) is 2. The summed E-state index contributed by atoms with van der Waals surface area (Å²) in [6.45, 7) is 0.919. The van der Waals surface area contributed by atoms with Crippen LogP contribution in [0.15, 0.2) is 71.6 Å². The van der Waals surface area contributed by atoms with E-state index in [-0.39, 0.29) is 9.92 Å². The van der Waals surface area contributed by atoms with E-state index < -0.39 is 15.9 Å². The summed E-state index contributed by atoms with van der Waals surface area (Å²) in [5.74, 6) is -0.416. The predicted molar refractivity (Wildman–Crippen MR) is 124 cm³/mol. The van der Waals surface area contributed by atoms with Crippen molar-refractivity contribution in [2.24, 2.45) is 0 Å². The van der Waals surface area contributed by atoms with Crippen LogP contribution in [0.3, 0.4) is 0 Å². The molecule has 0 radical (unpaired) electrons. The first-order chi connectivity index (χ1) is 15.4. The number of benzene rings is 3. The van der Waals surface area contributed by atoms with E-state index in [1.807, 2.05) is 0 Å². The molecule has 0 bridgehead atoms. The molecule has 4 rings (SSSR count). The van der Waals surface area contributed by atoms with E-state index >= 15 is 0 Å². The lowest BCUT2D eigenvalue weighted by atomic mass is 9.95. The van der Waals surface area contributed by atoms with Crippen LogP contribution in [0.2, 0.25) is 5.02 Å². The van der Waals surface area contributed by atoms with Gasteiger partial charge in [0.05, 0.1) is 16.7 Å². The molecule has 3 aromatic rings. The smallest absolute Gasteiger partial charge is 0.256 e. The van der Waals surface area contributed by atoms with Crippen LogP contribution in [-0.2, 0) is 10.0 Å². The number of rotatable bonds is 5. The number of sulfonamides is 1.